The fraction of sp³-hybridized carbons (Fsp3) is 0.333. The molecule has 1 aliphatic heterocycles. The van der Waals surface area contributed by atoms with Crippen molar-refractivity contribution < 1.29 is 23.8 Å². The number of para-hydroxylation sites is 1. The molecule has 0 saturated carbocycles. The van der Waals surface area contributed by atoms with Gasteiger partial charge in [-0.1, -0.05) is 78.9 Å². The zero-order valence-corrected chi connectivity index (χ0v) is 20.5. The van der Waals surface area contributed by atoms with Gasteiger partial charge in [0.1, 0.15) is 25.1 Å². The van der Waals surface area contributed by atoms with Crippen molar-refractivity contribution in [3.63, 3.8) is 0 Å². The number of hydrogen-bond donors (Lipinski definition) is 2. The van der Waals surface area contributed by atoms with E-state index in [9.17, 15) is 9.67 Å². The third-order valence-corrected chi connectivity index (χ3v) is 6.56. The van der Waals surface area contributed by atoms with Gasteiger partial charge in [0.25, 0.3) is 0 Å². The highest BCUT2D eigenvalue weighted by Gasteiger charge is 2.27. The van der Waals surface area contributed by atoms with E-state index >= 15 is 0 Å². The summed E-state index contributed by atoms with van der Waals surface area (Å²) >= 11 is 0. The van der Waals surface area contributed by atoms with Crippen LogP contribution in [0.5, 0.6) is 5.75 Å². The van der Waals surface area contributed by atoms with Gasteiger partial charge in [0, 0.05) is 42.9 Å². The molecule has 0 aliphatic carbocycles. The predicted octanol–water partition coefficient (Wildman–Crippen LogP) is 4.00. The highest BCUT2D eigenvalue weighted by molar-refractivity contribution is 7.32. The molecule has 0 aromatic heterocycles. The third kappa shape index (κ3) is 7.42. The molecule has 1 saturated heterocycles. The number of benzene rings is 3. The Hall–Kier alpha value is -2.64. The van der Waals surface area contributed by atoms with E-state index < -0.39 is 14.4 Å². The second kappa shape index (κ2) is 12.9. The molecule has 7 nitrogen and oxygen atoms in total. The smallest absolute Gasteiger partial charge is 0.490 e. The molecule has 1 aliphatic rings. The predicted molar refractivity (Wildman–Crippen MR) is 135 cm³/mol. The lowest BCUT2D eigenvalue weighted by atomic mass is 9.96. The minimum atomic E-state index is -2.67. The monoisotopic (exact) mass is 495 g/mol. The first-order chi connectivity index (χ1) is 17.1. The molecule has 1 fully saturated rings. The van der Waals surface area contributed by atoms with Crippen LogP contribution in [0.4, 0.5) is 0 Å². The van der Waals surface area contributed by atoms with Gasteiger partial charge in [-0.2, -0.15) is 0 Å². The number of nitrogens with zero attached hydrogens (tertiary/aromatic N) is 2. The lowest BCUT2D eigenvalue weighted by Gasteiger charge is -2.40. The molecule has 2 N–H and O–H groups in total. The van der Waals surface area contributed by atoms with Crippen molar-refractivity contribution >= 4 is 8.25 Å². The molecule has 2 atom stereocenters. The third-order valence-electron chi connectivity index (χ3n) is 6.21. The van der Waals surface area contributed by atoms with Crippen LogP contribution in [0.1, 0.15) is 22.7 Å². The van der Waals surface area contributed by atoms with Crippen LogP contribution in [0, 0.1) is 0 Å². The topological polar surface area (TPSA) is 82.5 Å². The normalized spacial score (nSPS) is 16.3. The molecular weight excluding hydrogens is 463 g/mol. The first-order valence-electron chi connectivity index (χ1n) is 11.8. The van der Waals surface area contributed by atoms with Gasteiger partial charge < -0.3 is 9.84 Å². The minimum Gasteiger partial charge on any atom is -0.490 e. The summed E-state index contributed by atoms with van der Waals surface area (Å²) in [6.45, 7) is 4.17. The average Bonchev–Trinajstić information content (AvgIpc) is 2.89. The summed E-state index contributed by atoms with van der Waals surface area (Å²) in [5.41, 5.74) is 3.24. The molecule has 3 aromatic rings. The van der Waals surface area contributed by atoms with Gasteiger partial charge in [-0.3, -0.25) is 9.80 Å². The maximum Gasteiger partial charge on any atom is 0.695 e. The number of piperazine rings is 1. The Labute approximate surface area is 207 Å². The van der Waals surface area contributed by atoms with Gasteiger partial charge in [-0.25, -0.2) is 0 Å². The zero-order valence-electron chi connectivity index (χ0n) is 19.6. The van der Waals surface area contributed by atoms with Crippen LogP contribution >= 0.6 is 8.25 Å². The van der Waals surface area contributed by atoms with E-state index in [2.05, 4.69) is 58.3 Å². The lowest BCUT2D eigenvalue weighted by molar-refractivity contribution is 0.0397. The van der Waals surface area contributed by atoms with E-state index in [0.29, 0.717) is 17.9 Å². The maximum atomic E-state index is 10.8. The first kappa shape index (κ1) is 25.5. The van der Waals surface area contributed by atoms with E-state index in [1.807, 2.05) is 24.3 Å². The molecule has 0 bridgehead atoms. The SMILES string of the molecule is O=[P+](O)OCc1ccccc1OCC(O)CN1CCN(C(c2ccccc2)c2ccccc2)CC1. The molecular formula is C27H32N2O5P+. The molecule has 1 heterocycles. The van der Waals surface area contributed by atoms with Crippen LogP contribution in [-0.4, -0.2) is 65.2 Å². The molecule has 3 aromatic carbocycles. The van der Waals surface area contributed by atoms with Crippen LogP contribution < -0.4 is 4.74 Å². The number of aliphatic hydroxyl groups excluding tert-OH is 1. The van der Waals surface area contributed by atoms with Gasteiger partial charge in [0.05, 0.1) is 6.04 Å². The second-order valence-corrected chi connectivity index (χ2v) is 9.38. The Bertz CT molecular complexity index is 1020. The summed E-state index contributed by atoms with van der Waals surface area (Å²) in [5, 5.41) is 10.6. The quantitative estimate of drug-likeness (QED) is 0.389. The molecule has 4 rings (SSSR count). The van der Waals surface area contributed by atoms with E-state index in [1.54, 1.807) is 12.1 Å². The van der Waals surface area contributed by atoms with Gasteiger partial charge >= 0.3 is 8.25 Å². The van der Waals surface area contributed by atoms with E-state index in [0.717, 1.165) is 26.2 Å². The summed E-state index contributed by atoms with van der Waals surface area (Å²) in [5.74, 6) is 0.543. The summed E-state index contributed by atoms with van der Waals surface area (Å²) in [7, 11) is -2.67. The Morgan fingerprint density at radius 2 is 1.40 bits per heavy atom. The number of rotatable bonds is 11. The van der Waals surface area contributed by atoms with E-state index in [-0.39, 0.29) is 19.3 Å². The number of hydrogen-bond acceptors (Lipinski definition) is 6. The van der Waals surface area contributed by atoms with Gasteiger partial charge in [-0.15, -0.1) is 9.42 Å². The summed E-state index contributed by atoms with van der Waals surface area (Å²) in [4.78, 5) is 13.7. The highest BCUT2D eigenvalue weighted by Crippen LogP contribution is 2.29. The second-order valence-electron chi connectivity index (χ2n) is 8.64. The van der Waals surface area contributed by atoms with Crippen molar-refractivity contribution in [2.45, 2.75) is 18.8 Å². The number of β-amino-alcohol motifs (C(OH)–C–C–N with tert-alkyl or cyclic N) is 1. The van der Waals surface area contributed by atoms with Crippen LogP contribution in [-0.2, 0) is 15.7 Å². The first-order valence-corrected chi connectivity index (χ1v) is 13.0. The standard InChI is InChI=1S/C27H31N2O5P/c30-25(21-33-26-14-8-7-13-24(26)20-34-35(31)32)19-28-15-17-29(18-16-28)27(22-9-3-1-4-10-22)23-11-5-2-6-12-23/h1-14,25,27,30H,15-21H2/p+1. The Morgan fingerprint density at radius 3 is 2.00 bits per heavy atom. The fourth-order valence-corrected chi connectivity index (χ4v) is 4.76. The molecule has 2 unspecified atom stereocenters. The molecule has 184 valence electrons. The average molecular weight is 496 g/mol. The molecule has 35 heavy (non-hydrogen) atoms. The van der Waals surface area contributed by atoms with Crippen LogP contribution in [0.15, 0.2) is 84.9 Å². The van der Waals surface area contributed by atoms with Gasteiger partial charge in [0.2, 0.25) is 0 Å². The maximum absolute atomic E-state index is 10.8. The number of ether oxygens (including phenoxy) is 1. The largest absolute Gasteiger partial charge is 0.695 e. The molecule has 0 radical (unpaired) electrons. The molecule has 8 heteroatoms. The Kier molecular flexibility index (Phi) is 9.37. The minimum absolute atomic E-state index is 0.0239. The van der Waals surface area contributed by atoms with Crippen LogP contribution in [0.25, 0.3) is 0 Å². The van der Waals surface area contributed by atoms with Crippen molar-refractivity contribution in [1.29, 1.82) is 0 Å². The van der Waals surface area contributed by atoms with E-state index in [4.69, 9.17) is 14.2 Å². The van der Waals surface area contributed by atoms with E-state index in [1.165, 1.54) is 11.1 Å². The molecule has 0 amide bonds. The van der Waals surface area contributed by atoms with Crippen molar-refractivity contribution in [1.82, 2.24) is 9.80 Å². The highest BCUT2D eigenvalue weighted by atomic mass is 31.1. The summed E-state index contributed by atoms with van der Waals surface area (Å²) in [6.07, 6.45) is -0.649. The zero-order chi connectivity index (χ0) is 24.5. The van der Waals surface area contributed by atoms with Crippen LogP contribution in [0.3, 0.4) is 0 Å². The van der Waals surface area contributed by atoms with Crippen molar-refractivity contribution in [3.8, 4) is 5.75 Å². The van der Waals surface area contributed by atoms with Crippen molar-refractivity contribution in [3.05, 3.63) is 102 Å². The summed E-state index contributed by atoms with van der Waals surface area (Å²) in [6, 6.07) is 28.6. The van der Waals surface area contributed by atoms with Crippen molar-refractivity contribution in [2.75, 3.05) is 39.3 Å². The summed E-state index contributed by atoms with van der Waals surface area (Å²) < 4.78 is 21.4. The lowest BCUT2D eigenvalue weighted by Crippen LogP contribution is -2.50. The van der Waals surface area contributed by atoms with Crippen LogP contribution in [0.2, 0.25) is 0 Å². The Morgan fingerprint density at radius 1 is 0.829 bits per heavy atom. The Balaban J connectivity index is 1.30. The van der Waals surface area contributed by atoms with Crippen molar-refractivity contribution in [2.24, 2.45) is 0 Å². The number of aliphatic hydroxyl groups is 1. The fourth-order valence-electron chi connectivity index (χ4n) is 4.51. The van der Waals surface area contributed by atoms with Gasteiger partial charge in [-0.05, 0) is 17.2 Å². The van der Waals surface area contributed by atoms with Gasteiger partial charge in [0.15, 0.2) is 0 Å². The molecule has 0 spiro atoms.